The minimum Gasteiger partial charge on any atom is -0.386 e. The Morgan fingerprint density at radius 2 is 2.05 bits per heavy atom. The minimum absolute atomic E-state index is 0.0383. The van der Waals surface area contributed by atoms with E-state index in [1.54, 1.807) is 0 Å². The van der Waals surface area contributed by atoms with Crippen LogP contribution in [0.4, 0.5) is 5.69 Å². The number of aliphatic hydroxyl groups is 1. The van der Waals surface area contributed by atoms with Gasteiger partial charge in [0.1, 0.15) is 6.10 Å². The lowest BCUT2D eigenvalue weighted by Gasteiger charge is -2.20. The zero-order valence-electron chi connectivity index (χ0n) is 10.7. The standard InChI is InChI=1S/C16H16BrNO/c1-10-6-7-12(13(17)8-10)16(19)15-9-11-4-2-3-5-14(11)18-15/h2-8,15-16,18-19H,9H2,1H3. The SMILES string of the molecule is Cc1ccc(C(O)C2Cc3ccccc3N2)c(Br)c1. The van der Waals surface area contributed by atoms with Gasteiger partial charge in [0, 0.05) is 10.2 Å². The number of aliphatic hydroxyl groups excluding tert-OH is 1. The van der Waals surface area contributed by atoms with E-state index in [0.717, 1.165) is 22.1 Å². The van der Waals surface area contributed by atoms with Gasteiger partial charge in [-0.25, -0.2) is 0 Å². The van der Waals surface area contributed by atoms with Gasteiger partial charge in [-0.05, 0) is 42.2 Å². The van der Waals surface area contributed by atoms with Crippen LogP contribution in [0.2, 0.25) is 0 Å². The molecule has 0 fully saturated rings. The summed E-state index contributed by atoms with van der Waals surface area (Å²) in [6.07, 6.45) is 0.347. The van der Waals surface area contributed by atoms with Crippen molar-refractivity contribution in [2.45, 2.75) is 25.5 Å². The first-order chi connectivity index (χ1) is 9.15. The molecule has 2 nitrogen and oxygen atoms in total. The van der Waals surface area contributed by atoms with E-state index in [0.29, 0.717) is 0 Å². The van der Waals surface area contributed by atoms with E-state index in [1.165, 1.54) is 11.1 Å². The maximum absolute atomic E-state index is 10.6. The van der Waals surface area contributed by atoms with Crippen molar-refractivity contribution >= 4 is 21.6 Å². The average molecular weight is 318 g/mol. The molecule has 0 aromatic heterocycles. The van der Waals surface area contributed by atoms with E-state index < -0.39 is 6.10 Å². The van der Waals surface area contributed by atoms with Gasteiger partial charge in [-0.1, -0.05) is 46.3 Å². The van der Waals surface area contributed by atoms with Crippen LogP contribution in [0.25, 0.3) is 0 Å². The van der Waals surface area contributed by atoms with Crippen LogP contribution in [0.5, 0.6) is 0 Å². The number of hydrogen-bond acceptors (Lipinski definition) is 2. The maximum Gasteiger partial charge on any atom is 0.100 e. The molecule has 98 valence electrons. The zero-order valence-corrected chi connectivity index (χ0v) is 12.3. The molecule has 0 aliphatic carbocycles. The van der Waals surface area contributed by atoms with Crippen molar-refractivity contribution in [3.05, 3.63) is 63.6 Å². The van der Waals surface area contributed by atoms with Gasteiger partial charge in [0.2, 0.25) is 0 Å². The third kappa shape index (κ3) is 2.40. The Bertz CT molecular complexity index is 586. The van der Waals surface area contributed by atoms with Crippen molar-refractivity contribution in [1.29, 1.82) is 0 Å². The van der Waals surface area contributed by atoms with Gasteiger partial charge in [-0.3, -0.25) is 0 Å². The molecule has 2 unspecified atom stereocenters. The third-order valence-corrected chi connectivity index (χ3v) is 4.34. The van der Waals surface area contributed by atoms with Crippen molar-refractivity contribution < 1.29 is 5.11 Å². The van der Waals surface area contributed by atoms with E-state index in [2.05, 4.69) is 33.4 Å². The quantitative estimate of drug-likeness (QED) is 0.882. The van der Waals surface area contributed by atoms with Crippen molar-refractivity contribution in [1.82, 2.24) is 0 Å². The highest BCUT2D eigenvalue weighted by atomic mass is 79.9. The van der Waals surface area contributed by atoms with Gasteiger partial charge in [0.05, 0.1) is 6.04 Å². The second kappa shape index (κ2) is 4.99. The van der Waals surface area contributed by atoms with Gasteiger partial charge in [-0.15, -0.1) is 0 Å². The molecule has 0 bridgehead atoms. The molecular weight excluding hydrogens is 302 g/mol. The van der Waals surface area contributed by atoms with Crippen LogP contribution < -0.4 is 5.32 Å². The Labute approximate surface area is 121 Å². The minimum atomic E-state index is -0.512. The molecule has 0 amide bonds. The second-order valence-electron chi connectivity index (χ2n) is 5.08. The number of benzene rings is 2. The lowest BCUT2D eigenvalue weighted by molar-refractivity contribution is 0.156. The summed E-state index contributed by atoms with van der Waals surface area (Å²) in [5.74, 6) is 0. The molecule has 1 aliphatic rings. The molecule has 1 heterocycles. The predicted molar refractivity (Wildman–Crippen MR) is 81.4 cm³/mol. The lowest BCUT2D eigenvalue weighted by Crippen LogP contribution is -2.25. The Kier molecular flexibility index (Phi) is 3.33. The number of halogens is 1. The molecule has 3 heteroatoms. The van der Waals surface area contributed by atoms with Crippen LogP contribution in [0, 0.1) is 6.92 Å². The summed E-state index contributed by atoms with van der Waals surface area (Å²) in [5.41, 5.74) is 4.53. The number of para-hydroxylation sites is 1. The smallest absolute Gasteiger partial charge is 0.100 e. The second-order valence-corrected chi connectivity index (χ2v) is 5.94. The van der Waals surface area contributed by atoms with E-state index in [-0.39, 0.29) is 6.04 Å². The molecule has 0 radical (unpaired) electrons. The van der Waals surface area contributed by atoms with Crippen LogP contribution >= 0.6 is 15.9 Å². The fourth-order valence-electron chi connectivity index (χ4n) is 2.61. The Morgan fingerprint density at radius 1 is 1.26 bits per heavy atom. The number of anilines is 1. The van der Waals surface area contributed by atoms with E-state index in [1.807, 2.05) is 37.3 Å². The first kappa shape index (κ1) is 12.7. The van der Waals surface area contributed by atoms with Crippen LogP contribution in [0.1, 0.15) is 22.8 Å². The summed E-state index contributed by atoms with van der Waals surface area (Å²) in [6.45, 7) is 2.05. The fraction of sp³-hybridized carbons (Fsp3) is 0.250. The Morgan fingerprint density at radius 3 is 2.79 bits per heavy atom. The largest absolute Gasteiger partial charge is 0.386 e. The van der Waals surface area contributed by atoms with E-state index >= 15 is 0 Å². The maximum atomic E-state index is 10.6. The highest BCUT2D eigenvalue weighted by Gasteiger charge is 2.28. The molecule has 3 rings (SSSR count). The van der Waals surface area contributed by atoms with Gasteiger partial charge in [0.15, 0.2) is 0 Å². The Balaban J connectivity index is 1.85. The van der Waals surface area contributed by atoms with E-state index in [4.69, 9.17) is 0 Å². The molecule has 19 heavy (non-hydrogen) atoms. The summed E-state index contributed by atoms with van der Waals surface area (Å²) < 4.78 is 0.970. The molecular formula is C16H16BrNO. The van der Waals surface area contributed by atoms with Gasteiger partial charge in [-0.2, -0.15) is 0 Å². The van der Waals surface area contributed by atoms with Gasteiger partial charge in [0.25, 0.3) is 0 Å². The third-order valence-electron chi connectivity index (χ3n) is 3.65. The summed E-state index contributed by atoms with van der Waals surface area (Å²) in [5, 5.41) is 14.0. The predicted octanol–water partition coefficient (Wildman–Crippen LogP) is 3.83. The molecule has 0 saturated carbocycles. The van der Waals surface area contributed by atoms with E-state index in [9.17, 15) is 5.11 Å². The molecule has 2 atom stereocenters. The first-order valence-corrected chi connectivity index (χ1v) is 7.23. The van der Waals surface area contributed by atoms with Crippen LogP contribution in [-0.4, -0.2) is 11.1 Å². The van der Waals surface area contributed by atoms with Gasteiger partial charge < -0.3 is 10.4 Å². The number of rotatable bonds is 2. The molecule has 2 aromatic carbocycles. The summed E-state index contributed by atoms with van der Waals surface area (Å²) >= 11 is 3.54. The van der Waals surface area contributed by atoms with Crippen molar-refractivity contribution in [3.8, 4) is 0 Å². The highest BCUT2D eigenvalue weighted by Crippen LogP contribution is 2.34. The average Bonchev–Trinajstić information content (AvgIpc) is 2.81. The monoisotopic (exact) mass is 317 g/mol. The van der Waals surface area contributed by atoms with Crippen molar-refractivity contribution in [2.75, 3.05) is 5.32 Å². The first-order valence-electron chi connectivity index (χ1n) is 6.44. The van der Waals surface area contributed by atoms with Crippen LogP contribution in [0.3, 0.4) is 0 Å². The number of hydrogen-bond donors (Lipinski definition) is 2. The highest BCUT2D eigenvalue weighted by molar-refractivity contribution is 9.10. The normalized spacial score (nSPS) is 18.8. The topological polar surface area (TPSA) is 32.3 Å². The van der Waals surface area contributed by atoms with Crippen molar-refractivity contribution in [3.63, 3.8) is 0 Å². The zero-order chi connectivity index (χ0) is 13.4. The van der Waals surface area contributed by atoms with Gasteiger partial charge >= 0.3 is 0 Å². The Hall–Kier alpha value is -1.32. The molecule has 1 aliphatic heterocycles. The number of fused-ring (bicyclic) bond motifs is 1. The summed E-state index contributed by atoms with van der Waals surface area (Å²) in [7, 11) is 0. The summed E-state index contributed by atoms with van der Waals surface area (Å²) in [6, 6.07) is 14.3. The lowest BCUT2D eigenvalue weighted by atomic mass is 9.98. The summed E-state index contributed by atoms with van der Waals surface area (Å²) in [4.78, 5) is 0. The molecule has 0 spiro atoms. The van der Waals surface area contributed by atoms with Crippen LogP contribution in [0.15, 0.2) is 46.9 Å². The molecule has 2 N–H and O–H groups in total. The fourth-order valence-corrected chi connectivity index (χ4v) is 3.33. The molecule has 0 saturated heterocycles. The number of aryl methyl sites for hydroxylation is 1. The van der Waals surface area contributed by atoms with Crippen molar-refractivity contribution in [2.24, 2.45) is 0 Å². The number of nitrogens with one attached hydrogen (secondary N) is 1. The van der Waals surface area contributed by atoms with Crippen LogP contribution in [-0.2, 0) is 6.42 Å². The molecule has 2 aromatic rings.